The van der Waals surface area contributed by atoms with Gasteiger partial charge in [0.05, 0.1) is 0 Å². The van der Waals surface area contributed by atoms with E-state index < -0.39 is 0 Å². The van der Waals surface area contributed by atoms with Gasteiger partial charge >= 0.3 is 0 Å². The summed E-state index contributed by atoms with van der Waals surface area (Å²) in [5.74, 6) is 2.57. The molecule has 0 amide bonds. The maximum atomic E-state index is 13.3. The lowest BCUT2D eigenvalue weighted by Crippen LogP contribution is -2.59. The zero-order valence-electron chi connectivity index (χ0n) is 17.8. The van der Waals surface area contributed by atoms with E-state index in [1.165, 1.54) is 116 Å². The topological polar surface area (TPSA) is 17.1 Å². The number of hydrogen-bond donors (Lipinski definition) is 0. The molecule has 3 aliphatic rings. The van der Waals surface area contributed by atoms with Gasteiger partial charge in [0.15, 0.2) is 0 Å². The molecule has 0 aromatic rings. The average molecular weight is 361 g/mol. The minimum Gasteiger partial charge on any atom is -0.298 e. The lowest BCUT2D eigenvalue weighted by Gasteiger charge is -2.59. The van der Waals surface area contributed by atoms with Gasteiger partial charge in [0.2, 0.25) is 0 Å². The Hall–Kier alpha value is -0.330. The molecular weight excluding hydrogens is 316 g/mol. The minimum atomic E-state index is 0.148. The average Bonchev–Trinajstić information content (AvgIpc) is 2.68. The van der Waals surface area contributed by atoms with Crippen molar-refractivity contribution in [2.75, 3.05) is 0 Å². The van der Waals surface area contributed by atoms with E-state index in [0.29, 0.717) is 0 Å². The molecule has 0 N–H and O–H groups in total. The number of Topliss-reactive ketones (excluding diaryl/α,β-unsaturated/α-hetero) is 1. The van der Waals surface area contributed by atoms with Gasteiger partial charge in [-0.15, -0.1) is 0 Å². The Morgan fingerprint density at radius 1 is 0.692 bits per heavy atom. The van der Waals surface area contributed by atoms with Crippen LogP contribution in [0.1, 0.15) is 129 Å². The zero-order chi connectivity index (χ0) is 18.5. The normalized spacial score (nSPS) is 37.2. The van der Waals surface area contributed by atoms with Crippen LogP contribution in [0, 0.1) is 22.7 Å². The Morgan fingerprint density at radius 3 is 1.62 bits per heavy atom. The maximum absolute atomic E-state index is 13.3. The van der Waals surface area contributed by atoms with E-state index in [9.17, 15) is 4.79 Å². The lowest BCUT2D eigenvalue weighted by molar-refractivity contribution is -0.169. The summed E-state index contributed by atoms with van der Waals surface area (Å²) in [5, 5.41) is 0. The van der Waals surface area contributed by atoms with E-state index in [1.807, 2.05) is 0 Å². The van der Waals surface area contributed by atoms with Crippen molar-refractivity contribution in [1.82, 2.24) is 0 Å². The van der Waals surface area contributed by atoms with E-state index in [1.54, 1.807) is 0 Å². The summed E-state index contributed by atoms with van der Waals surface area (Å²) in [6.45, 7) is 4.59. The number of rotatable bonds is 9. The summed E-state index contributed by atoms with van der Waals surface area (Å²) in [6, 6.07) is 0. The van der Waals surface area contributed by atoms with Crippen molar-refractivity contribution in [1.29, 1.82) is 0 Å². The third kappa shape index (κ3) is 4.39. The molecule has 2 spiro atoms. The Morgan fingerprint density at radius 2 is 1.15 bits per heavy atom. The monoisotopic (exact) mass is 360 g/mol. The van der Waals surface area contributed by atoms with E-state index in [4.69, 9.17) is 0 Å². The van der Waals surface area contributed by atoms with Crippen LogP contribution in [-0.2, 0) is 4.79 Å². The van der Waals surface area contributed by atoms with Crippen LogP contribution in [0.25, 0.3) is 0 Å². The quantitative estimate of drug-likeness (QED) is 0.382. The first-order valence-electron chi connectivity index (χ1n) is 12.2. The molecule has 3 aliphatic carbocycles. The van der Waals surface area contributed by atoms with Crippen LogP contribution < -0.4 is 0 Å². The Kier molecular flexibility index (Phi) is 7.25. The van der Waals surface area contributed by atoms with Crippen molar-refractivity contribution >= 4 is 5.78 Å². The molecule has 0 unspecified atom stereocenters. The molecule has 0 aromatic carbocycles. The van der Waals surface area contributed by atoms with E-state index >= 15 is 0 Å². The van der Waals surface area contributed by atoms with Crippen molar-refractivity contribution in [2.45, 2.75) is 129 Å². The highest BCUT2D eigenvalue weighted by atomic mass is 16.1. The second kappa shape index (κ2) is 9.24. The van der Waals surface area contributed by atoms with Crippen molar-refractivity contribution in [3.8, 4) is 0 Å². The molecule has 0 bridgehead atoms. The van der Waals surface area contributed by atoms with Crippen molar-refractivity contribution in [2.24, 2.45) is 22.7 Å². The SMILES string of the molecule is CCCCCCCC1CC[C@]2(CC1)C[C@@]1(CC[C@H](CCCC)CC1)C2=O. The molecule has 0 heterocycles. The summed E-state index contributed by atoms with van der Waals surface area (Å²) in [7, 11) is 0. The van der Waals surface area contributed by atoms with Crippen molar-refractivity contribution < 1.29 is 4.79 Å². The summed E-state index contributed by atoms with van der Waals surface area (Å²) in [5.41, 5.74) is 0.296. The van der Waals surface area contributed by atoms with Crippen LogP contribution in [0.3, 0.4) is 0 Å². The summed E-state index contributed by atoms with van der Waals surface area (Å²) >= 11 is 0. The predicted octanol–water partition coefficient (Wildman–Crippen LogP) is 7.86. The maximum Gasteiger partial charge on any atom is 0.145 e. The molecule has 3 fully saturated rings. The van der Waals surface area contributed by atoms with Gasteiger partial charge in [0.25, 0.3) is 0 Å². The first kappa shape index (κ1) is 20.4. The molecule has 1 nitrogen and oxygen atoms in total. The largest absolute Gasteiger partial charge is 0.298 e. The fraction of sp³-hybridized carbons (Fsp3) is 0.960. The summed E-state index contributed by atoms with van der Waals surface area (Å²) < 4.78 is 0. The van der Waals surface area contributed by atoms with Gasteiger partial charge in [-0.2, -0.15) is 0 Å². The Bertz CT molecular complexity index is 435. The van der Waals surface area contributed by atoms with Crippen LogP contribution in [0.2, 0.25) is 0 Å². The van der Waals surface area contributed by atoms with Crippen LogP contribution in [-0.4, -0.2) is 5.78 Å². The molecule has 26 heavy (non-hydrogen) atoms. The number of hydrogen-bond acceptors (Lipinski definition) is 1. The molecule has 0 aliphatic heterocycles. The highest BCUT2D eigenvalue weighted by Gasteiger charge is 2.62. The predicted molar refractivity (Wildman–Crippen MR) is 111 cm³/mol. The smallest absolute Gasteiger partial charge is 0.145 e. The molecule has 3 saturated carbocycles. The fourth-order valence-electron chi connectivity index (χ4n) is 6.64. The third-order valence-corrected chi connectivity index (χ3v) is 8.45. The number of unbranched alkanes of at least 4 members (excludes halogenated alkanes) is 5. The molecule has 0 atom stereocenters. The van der Waals surface area contributed by atoms with Gasteiger partial charge in [-0.1, -0.05) is 71.6 Å². The number of carbonyl (C=O) groups excluding carboxylic acids is 1. The standard InChI is InChI=1S/C25H44O/c1-3-5-7-8-9-11-22-14-18-25(19-15-22)20-24(23(25)26)16-12-21(13-17-24)10-6-4-2/h21-22H,3-20H2,1-2H3/t21-,22?,24-,25-. The second-order valence-corrected chi connectivity index (χ2v) is 10.3. The van der Waals surface area contributed by atoms with Gasteiger partial charge in [-0.3, -0.25) is 4.79 Å². The zero-order valence-corrected chi connectivity index (χ0v) is 17.8. The molecular formula is C25H44O. The van der Waals surface area contributed by atoms with Gasteiger partial charge in [-0.05, 0) is 69.6 Å². The van der Waals surface area contributed by atoms with Gasteiger partial charge in [0, 0.05) is 10.8 Å². The van der Waals surface area contributed by atoms with E-state index in [0.717, 1.165) is 17.6 Å². The van der Waals surface area contributed by atoms with Crippen LogP contribution >= 0.6 is 0 Å². The van der Waals surface area contributed by atoms with Gasteiger partial charge < -0.3 is 0 Å². The molecule has 1 heteroatoms. The van der Waals surface area contributed by atoms with Gasteiger partial charge in [0.1, 0.15) is 5.78 Å². The highest BCUT2D eigenvalue weighted by Crippen LogP contribution is 2.64. The third-order valence-electron chi connectivity index (χ3n) is 8.45. The Balaban J connectivity index is 1.38. The minimum absolute atomic E-state index is 0.148. The number of carbonyl (C=O) groups is 1. The van der Waals surface area contributed by atoms with Crippen molar-refractivity contribution in [3.05, 3.63) is 0 Å². The first-order valence-corrected chi connectivity index (χ1v) is 12.2. The van der Waals surface area contributed by atoms with Crippen molar-refractivity contribution in [3.63, 3.8) is 0 Å². The second-order valence-electron chi connectivity index (χ2n) is 10.3. The molecule has 0 saturated heterocycles. The molecule has 3 rings (SSSR count). The lowest BCUT2D eigenvalue weighted by atomic mass is 9.43. The van der Waals surface area contributed by atoms with Crippen LogP contribution in [0.5, 0.6) is 0 Å². The summed E-state index contributed by atoms with van der Waals surface area (Å²) in [4.78, 5) is 13.3. The van der Waals surface area contributed by atoms with E-state index in [2.05, 4.69) is 13.8 Å². The van der Waals surface area contributed by atoms with Crippen LogP contribution in [0.4, 0.5) is 0 Å². The molecule has 0 radical (unpaired) electrons. The van der Waals surface area contributed by atoms with E-state index in [-0.39, 0.29) is 10.8 Å². The highest BCUT2D eigenvalue weighted by molar-refractivity contribution is 5.96. The number of ketones is 1. The Labute approximate surface area is 163 Å². The van der Waals surface area contributed by atoms with Gasteiger partial charge in [-0.25, -0.2) is 0 Å². The first-order chi connectivity index (χ1) is 12.6. The summed E-state index contributed by atoms with van der Waals surface area (Å²) in [6.07, 6.45) is 24.1. The van der Waals surface area contributed by atoms with Crippen LogP contribution in [0.15, 0.2) is 0 Å². The molecule has 150 valence electrons. The fourth-order valence-corrected chi connectivity index (χ4v) is 6.64. The molecule has 0 aromatic heterocycles.